The van der Waals surface area contributed by atoms with Crippen LogP contribution in [-0.2, 0) is 6.54 Å². The highest BCUT2D eigenvalue weighted by atomic mass is 16.1. The lowest BCUT2D eigenvalue weighted by atomic mass is 10.3. The maximum atomic E-state index is 11.4. The Hall–Kier alpha value is -2.10. The SMILES string of the molecule is O=c1cccnn1CCCNc1ccccc1. The summed E-state index contributed by atoms with van der Waals surface area (Å²) in [7, 11) is 0. The van der Waals surface area contributed by atoms with Crippen LogP contribution in [-0.4, -0.2) is 16.3 Å². The fourth-order valence-electron chi connectivity index (χ4n) is 1.57. The molecule has 88 valence electrons. The van der Waals surface area contributed by atoms with Crippen molar-refractivity contribution in [2.75, 3.05) is 11.9 Å². The summed E-state index contributed by atoms with van der Waals surface area (Å²) in [6, 6.07) is 13.2. The molecule has 0 aliphatic heterocycles. The van der Waals surface area contributed by atoms with Gasteiger partial charge in [0.15, 0.2) is 0 Å². The Morgan fingerprint density at radius 2 is 1.94 bits per heavy atom. The third-order valence-corrected chi connectivity index (χ3v) is 2.43. The molecule has 0 saturated heterocycles. The second-order valence-corrected chi connectivity index (χ2v) is 3.73. The first-order chi connectivity index (χ1) is 8.36. The van der Waals surface area contributed by atoms with E-state index in [0.717, 1.165) is 18.7 Å². The zero-order chi connectivity index (χ0) is 11.9. The van der Waals surface area contributed by atoms with E-state index in [0.29, 0.717) is 6.54 Å². The second-order valence-electron chi connectivity index (χ2n) is 3.73. The predicted octanol–water partition coefficient (Wildman–Crippen LogP) is 1.75. The average molecular weight is 229 g/mol. The summed E-state index contributed by atoms with van der Waals surface area (Å²) in [5.74, 6) is 0. The molecule has 0 spiro atoms. The van der Waals surface area contributed by atoms with Gasteiger partial charge in [-0.15, -0.1) is 0 Å². The molecule has 1 heterocycles. The number of nitrogens with zero attached hydrogens (tertiary/aromatic N) is 2. The van der Waals surface area contributed by atoms with Crippen LogP contribution in [0.15, 0.2) is 53.5 Å². The smallest absolute Gasteiger partial charge is 0.266 e. The van der Waals surface area contributed by atoms with Gasteiger partial charge in [-0.05, 0) is 24.6 Å². The zero-order valence-corrected chi connectivity index (χ0v) is 9.54. The number of rotatable bonds is 5. The highest BCUT2D eigenvalue weighted by Crippen LogP contribution is 2.04. The van der Waals surface area contributed by atoms with Gasteiger partial charge in [-0.2, -0.15) is 5.10 Å². The van der Waals surface area contributed by atoms with Crippen LogP contribution in [0, 0.1) is 0 Å². The van der Waals surface area contributed by atoms with Crippen molar-refractivity contribution in [3.05, 3.63) is 59.0 Å². The van der Waals surface area contributed by atoms with Gasteiger partial charge in [-0.1, -0.05) is 18.2 Å². The number of aryl methyl sites for hydroxylation is 1. The molecule has 2 rings (SSSR count). The Bertz CT molecular complexity index is 507. The highest BCUT2D eigenvalue weighted by molar-refractivity contribution is 5.42. The minimum atomic E-state index is -0.0489. The molecule has 0 aliphatic rings. The van der Waals surface area contributed by atoms with Crippen molar-refractivity contribution in [3.8, 4) is 0 Å². The molecule has 0 aliphatic carbocycles. The molecule has 0 bridgehead atoms. The van der Waals surface area contributed by atoms with Crippen LogP contribution < -0.4 is 10.9 Å². The summed E-state index contributed by atoms with van der Waals surface area (Å²) in [6.07, 6.45) is 2.50. The van der Waals surface area contributed by atoms with Crippen LogP contribution in [0.1, 0.15) is 6.42 Å². The Kier molecular flexibility index (Phi) is 3.91. The summed E-state index contributed by atoms with van der Waals surface area (Å²) in [4.78, 5) is 11.4. The van der Waals surface area contributed by atoms with E-state index in [9.17, 15) is 4.79 Å². The van der Waals surface area contributed by atoms with Gasteiger partial charge in [-0.3, -0.25) is 4.79 Å². The van der Waals surface area contributed by atoms with Gasteiger partial charge in [0.2, 0.25) is 0 Å². The number of hydrogen-bond acceptors (Lipinski definition) is 3. The molecule has 4 nitrogen and oxygen atoms in total. The van der Waals surface area contributed by atoms with Crippen LogP contribution >= 0.6 is 0 Å². The third-order valence-electron chi connectivity index (χ3n) is 2.43. The van der Waals surface area contributed by atoms with E-state index in [4.69, 9.17) is 0 Å². The maximum absolute atomic E-state index is 11.4. The van der Waals surface area contributed by atoms with Gasteiger partial charge in [-0.25, -0.2) is 4.68 Å². The molecule has 1 aromatic carbocycles. The Balaban J connectivity index is 1.78. The first kappa shape index (κ1) is 11.4. The van der Waals surface area contributed by atoms with Crippen molar-refractivity contribution in [2.45, 2.75) is 13.0 Å². The van der Waals surface area contributed by atoms with E-state index in [2.05, 4.69) is 10.4 Å². The minimum Gasteiger partial charge on any atom is -0.385 e. The van der Waals surface area contributed by atoms with Gasteiger partial charge in [0, 0.05) is 31.0 Å². The van der Waals surface area contributed by atoms with E-state index in [1.165, 1.54) is 10.7 Å². The Morgan fingerprint density at radius 1 is 1.12 bits per heavy atom. The predicted molar refractivity (Wildman–Crippen MR) is 68.0 cm³/mol. The van der Waals surface area contributed by atoms with Gasteiger partial charge in [0.05, 0.1) is 0 Å². The van der Waals surface area contributed by atoms with Crippen LogP contribution in [0.4, 0.5) is 5.69 Å². The summed E-state index contributed by atoms with van der Waals surface area (Å²) in [5, 5.41) is 7.29. The van der Waals surface area contributed by atoms with Crippen molar-refractivity contribution in [1.29, 1.82) is 0 Å². The molecule has 4 heteroatoms. The number of nitrogens with one attached hydrogen (secondary N) is 1. The van der Waals surface area contributed by atoms with Crippen molar-refractivity contribution < 1.29 is 0 Å². The molecule has 0 atom stereocenters. The summed E-state index contributed by atoms with van der Waals surface area (Å²) in [5.41, 5.74) is 1.05. The highest BCUT2D eigenvalue weighted by Gasteiger charge is 1.95. The molecular weight excluding hydrogens is 214 g/mol. The summed E-state index contributed by atoms with van der Waals surface area (Å²) in [6.45, 7) is 1.46. The van der Waals surface area contributed by atoms with E-state index in [1.54, 1.807) is 12.3 Å². The molecule has 0 unspecified atom stereocenters. The molecule has 0 fully saturated rings. The molecule has 17 heavy (non-hydrogen) atoms. The maximum Gasteiger partial charge on any atom is 0.266 e. The molecule has 0 saturated carbocycles. The fraction of sp³-hybridized carbons (Fsp3) is 0.231. The third kappa shape index (κ3) is 3.45. The molecular formula is C13H15N3O. The minimum absolute atomic E-state index is 0.0489. The average Bonchev–Trinajstić information content (AvgIpc) is 2.38. The van der Waals surface area contributed by atoms with Crippen LogP contribution in [0.25, 0.3) is 0 Å². The monoisotopic (exact) mass is 229 g/mol. The molecule has 1 N–H and O–H groups in total. The van der Waals surface area contributed by atoms with E-state index in [-0.39, 0.29) is 5.56 Å². The van der Waals surface area contributed by atoms with Gasteiger partial charge in [0.1, 0.15) is 0 Å². The topological polar surface area (TPSA) is 46.9 Å². The van der Waals surface area contributed by atoms with Crippen molar-refractivity contribution >= 4 is 5.69 Å². The Morgan fingerprint density at radius 3 is 2.71 bits per heavy atom. The van der Waals surface area contributed by atoms with Crippen LogP contribution in [0.3, 0.4) is 0 Å². The normalized spacial score (nSPS) is 10.1. The molecule has 0 amide bonds. The van der Waals surface area contributed by atoms with E-state index >= 15 is 0 Å². The quantitative estimate of drug-likeness (QED) is 0.794. The van der Waals surface area contributed by atoms with Gasteiger partial charge >= 0.3 is 0 Å². The van der Waals surface area contributed by atoms with Gasteiger partial charge in [0.25, 0.3) is 5.56 Å². The Labute approximate surface area is 99.9 Å². The first-order valence-electron chi connectivity index (χ1n) is 5.67. The molecule has 1 aromatic heterocycles. The second kappa shape index (κ2) is 5.84. The molecule has 2 aromatic rings. The lowest BCUT2D eigenvalue weighted by Gasteiger charge is -2.06. The first-order valence-corrected chi connectivity index (χ1v) is 5.67. The van der Waals surface area contributed by atoms with Crippen molar-refractivity contribution in [3.63, 3.8) is 0 Å². The number of anilines is 1. The van der Waals surface area contributed by atoms with E-state index in [1.807, 2.05) is 30.3 Å². The standard InChI is InChI=1S/C13H15N3O/c17-13-8-4-10-15-16(13)11-5-9-14-12-6-2-1-3-7-12/h1-4,6-8,10,14H,5,9,11H2. The number of benzene rings is 1. The summed E-state index contributed by atoms with van der Waals surface area (Å²) >= 11 is 0. The zero-order valence-electron chi connectivity index (χ0n) is 9.54. The lowest BCUT2D eigenvalue weighted by Crippen LogP contribution is -2.22. The van der Waals surface area contributed by atoms with Crippen LogP contribution in [0.5, 0.6) is 0 Å². The largest absolute Gasteiger partial charge is 0.385 e. The summed E-state index contributed by atoms with van der Waals surface area (Å²) < 4.78 is 1.48. The van der Waals surface area contributed by atoms with Gasteiger partial charge < -0.3 is 5.32 Å². The number of para-hydroxylation sites is 1. The molecule has 0 radical (unpaired) electrons. The number of hydrogen-bond donors (Lipinski definition) is 1. The lowest BCUT2D eigenvalue weighted by molar-refractivity contribution is 0.559. The van der Waals surface area contributed by atoms with E-state index < -0.39 is 0 Å². The van der Waals surface area contributed by atoms with Crippen molar-refractivity contribution in [2.24, 2.45) is 0 Å². The van der Waals surface area contributed by atoms with Crippen LogP contribution in [0.2, 0.25) is 0 Å². The van der Waals surface area contributed by atoms with Crippen molar-refractivity contribution in [1.82, 2.24) is 9.78 Å². The number of aromatic nitrogens is 2. The fourth-order valence-corrected chi connectivity index (χ4v) is 1.57.